The Labute approximate surface area is 239 Å². The van der Waals surface area contributed by atoms with Gasteiger partial charge in [-0.15, -0.1) is 0 Å². The first-order valence-electron chi connectivity index (χ1n) is 13.9. The van der Waals surface area contributed by atoms with Gasteiger partial charge in [0.15, 0.2) is 0 Å². The molecule has 1 aliphatic carbocycles. The van der Waals surface area contributed by atoms with Gasteiger partial charge in [0.2, 0.25) is 0 Å². The Balaban J connectivity index is 1.43. The van der Waals surface area contributed by atoms with Gasteiger partial charge < -0.3 is 15.2 Å². The Morgan fingerprint density at radius 2 is 1.77 bits per heavy atom. The summed E-state index contributed by atoms with van der Waals surface area (Å²) in [5.41, 5.74) is 3.29. The molecule has 6 nitrogen and oxygen atoms in total. The number of rotatable bonds is 9. The van der Waals surface area contributed by atoms with Gasteiger partial charge in [0.05, 0.1) is 0 Å². The Morgan fingerprint density at radius 1 is 1.05 bits per heavy atom. The first kappa shape index (κ1) is 27.8. The lowest BCUT2D eigenvalue weighted by atomic mass is 9.87. The smallest absolute Gasteiger partial charge is 0.326 e. The highest BCUT2D eigenvalue weighted by atomic mass is 32.1. The third-order valence-electron chi connectivity index (χ3n) is 7.65. The maximum Gasteiger partial charge on any atom is 0.326 e. The van der Waals surface area contributed by atoms with E-state index in [4.69, 9.17) is 9.72 Å². The highest BCUT2D eigenvalue weighted by Gasteiger charge is 2.24. The number of hydrogen-bond donors (Lipinski definition) is 2. The van der Waals surface area contributed by atoms with Gasteiger partial charge in [-0.2, -0.15) is 11.3 Å². The number of aliphatic carboxylic acids is 1. The minimum Gasteiger partial charge on any atom is -0.480 e. The largest absolute Gasteiger partial charge is 0.480 e. The summed E-state index contributed by atoms with van der Waals surface area (Å²) in [7, 11) is 0. The molecule has 0 spiro atoms. The van der Waals surface area contributed by atoms with Crippen LogP contribution in [0.3, 0.4) is 0 Å². The van der Waals surface area contributed by atoms with Gasteiger partial charge in [0.1, 0.15) is 23.2 Å². The van der Waals surface area contributed by atoms with Crippen LogP contribution in [0.2, 0.25) is 0 Å². The molecular weight excluding hydrogens is 520 g/mol. The summed E-state index contributed by atoms with van der Waals surface area (Å²) < 4.78 is 6.21. The van der Waals surface area contributed by atoms with E-state index in [1.807, 2.05) is 47.2 Å². The summed E-state index contributed by atoms with van der Waals surface area (Å²) in [6, 6.07) is 16.6. The molecular formula is C33H36N2O4S. The summed E-state index contributed by atoms with van der Waals surface area (Å²) >= 11 is 1.50. The maximum absolute atomic E-state index is 13.3. The molecule has 1 saturated carbocycles. The van der Waals surface area contributed by atoms with Crippen LogP contribution < -0.4 is 10.1 Å². The Kier molecular flexibility index (Phi) is 8.22. The van der Waals surface area contributed by atoms with Crippen molar-refractivity contribution in [2.24, 2.45) is 5.92 Å². The van der Waals surface area contributed by atoms with E-state index >= 15 is 0 Å². The molecule has 1 fully saturated rings. The summed E-state index contributed by atoms with van der Waals surface area (Å²) in [6.07, 6.45) is 5.73. The lowest BCUT2D eigenvalue weighted by Gasteiger charge is -2.19. The predicted molar refractivity (Wildman–Crippen MR) is 160 cm³/mol. The number of carbonyl (C=O) groups is 2. The summed E-state index contributed by atoms with van der Waals surface area (Å²) in [4.78, 5) is 30.0. The molecule has 0 radical (unpaired) electrons. The van der Waals surface area contributed by atoms with Crippen molar-refractivity contribution in [1.29, 1.82) is 0 Å². The van der Waals surface area contributed by atoms with E-state index in [9.17, 15) is 14.7 Å². The lowest BCUT2D eigenvalue weighted by Crippen LogP contribution is -2.42. The number of thiophene rings is 1. The van der Waals surface area contributed by atoms with Crippen LogP contribution >= 0.6 is 11.3 Å². The van der Waals surface area contributed by atoms with Crippen molar-refractivity contribution in [2.45, 2.75) is 70.8 Å². The molecule has 2 heterocycles. The second kappa shape index (κ2) is 11.8. The monoisotopic (exact) mass is 556 g/mol. The molecule has 7 heteroatoms. The highest BCUT2D eigenvalue weighted by Crippen LogP contribution is 2.33. The van der Waals surface area contributed by atoms with Crippen LogP contribution in [0, 0.1) is 5.92 Å². The fraction of sp³-hybridized carbons (Fsp3) is 0.364. The van der Waals surface area contributed by atoms with Crippen LogP contribution in [0.1, 0.15) is 73.8 Å². The second-order valence-corrected chi connectivity index (χ2v) is 12.5. The van der Waals surface area contributed by atoms with Gasteiger partial charge in [0, 0.05) is 17.5 Å². The molecule has 1 atom stereocenters. The minimum atomic E-state index is -1.07. The number of hydrogen-bond acceptors (Lipinski definition) is 5. The molecule has 0 bridgehead atoms. The standard InChI is InChI=1S/C33H36N2O4S/c1-33(2,3)24-9-12-25(13-10-24)39-26-11-8-23-18-29(34-28(27(23)19-26)16-21-6-4-5-7-21)31(36)35-30(32(37)38)17-22-14-15-40-20-22/h8-15,18-21,30H,4-7,16-17H2,1-3H3,(H,35,36)(H,37,38). The van der Waals surface area contributed by atoms with E-state index in [0.29, 0.717) is 11.7 Å². The van der Waals surface area contributed by atoms with Gasteiger partial charge in [0.25, 0.3) is 5.91 Å². The van der Waals surface area contributed by atoms with E-state index in [-0.39, 0.29) is 17.5 Å². The Hall–Kier alpha value is -3.71. The number of carboxylic acids is 1. The van der Waals surface area contributed by atoms with Crippen molar-refractivity contribution in [3.63, 3.8) is 0 Å². The fourth-order valence-corrected chi connectivity index (χ4v) is 6.04. The Morgan fingerprint density at radius 3 is 2.42 bits per heavy atom. The molecule has 208 valence electrons. The van der Waals surface area contributed by atoms with Crippen molar-refractivity contribution in [2.75, 3.05) is 0 Å². The van der Waals surface area contributed by atoms with Crippen molar-refractivity contribution >= 4 is 34.0 Å². The average molecular weight is 557 g/mol. The van der Waals surface area contributed by atoms with Crippen LogP contribution in [0.15, 0.2) is 65.4 Å². The number of benzene rings is 2. The van der Waals surface area contributed by atoms with Crippen LogP contribution in [0.4, 0.5) is 0 Å². The normalized spacial score (nSPS) is 14.8. The number of fused-ring (bicyclic) bond motifs is 1. The maximum atomic E-state index is 13.3. The van der Waals surface area contributed by atoms with Crippen molar-refractivity contribution in [1.82, 2.24) is 10.3 Å². The van der Waals surface area contributed by atoms with Crippen LogP contribution in [-0.4, -0.2) is 28.0 Å². The van der Waals surface area contributed by atoms with Gasteiger partial charge in [-0.25, -0.2) is 9.78 Å². The van der Waals surface area contributed by atoms with Crippen molar-refractivity contribution in [3.05, 3.63) is 87.9 Å². The van der Waals surface area contributed by atoms with E-state index in [1.165, 1.54) is 29.7 Å². The minimum absolute atomic E-state index is 0.0701. The predicted octanol–water partition coefficient (Wildman–Crippen LogP) is 7.54. The first-order chi connectivity index (χ1) is 19.2. The van der Waals surface area contributed by atoms with Crippen molar-refractivity contribution in [3.8, 4) is 11.5 Å². The second-order valence-electron chi connectivity index (χ2n) is 11.8. The zero-order valence-corrected chi connectivity index (χ0v) is 24.1. The summed E-state index contributed by atoms with van der Waals surface area (Å²) in [5, 5.41) is 18.1. The molecule has 2 aromatic heterocycles. The number of carboxylic acid groups (broad SMARTS) is 1. The number of amides is 1. The quantitative estimate of drug-likeness (QED) is 0.222. The molecule has 0 saturated heterocycles. The number of pyridine rings is 1. The number of ether oxygens (including phenoxy) is 1. The molecule has 2 aromatic carbocycles. The van der Waals surface area contributed by atoms with Gasteiger partial charge in [-0.3, -0.25) is 4.79 Å². The van der Waals surface area contributed by atoms with Crippen LogP contribution in [-0.2, 0) is 23.1 Å². The molecule has 1 aliphatic rings. The third kappa shape index (κ3) is 6.70. The molecule has 1 amide bonds. The van der Waals surface area contributed by atoms with Gasteiger partial charge in [-0.1, -0.05) is 64.7 Å². The van der Waals surface area contributed by atoms with Crippen molar-refractivity contribution < 1.29 is 19.4 Å². The third-order valence-corrected chi connectivity index (χ3v) is 8.38. The van der Waals surface area contributed by atoms with Crippen LogP contribution in [0.5, 0.6) is 11.5 Å². The first-order valence-corrected chi connectivity index (χ1v) is 14.9. The Bertz CT molecular complexity index is 1480. The fourth-order valence-electron chi connectivity index (χ4n) is 5.36. The van der Waals surface area contributed by atoms with E-state index in [2.05, 4.69) is 38.2 Å². The van der Waals surface area contributed by atoms with E-state index in [0.717, 1.165) is 47.0 Å². The zero-order valence-electron chi connectivity index (χ0n) is 23.3. The summed E-state index contributed by atoms with van der Waals surface area (Å²) in [6.45, 7) is 6.56. The molecule has 1 unspecified atom stereocenters. The topological polar surface area (TPSA) is 88.5 Å². The molecule has 5 rings (SSSR count). The SMILES string of the molecule is CC(C)(C)c1ccc(Oc2ccc3cc(C(=O)NC(Cc4ccsc4)C(=O)O)nc(CC4CCCC4)c3c2)cc1. The zero-order chi connectivity index (χ0) is 28.3. The number of aromatic nitrogens is 1. The summed E-state index contributed by atoms with van der Waals surface area (Å²) in [5.74, 6) is 0.456. The van der Waals surface area contributed by atoms with E-state index in [1.54, 1.807) is 6.07 Å². The van der Waals surface area contributed by atoms with Gasteiger partial charge >= 0.3 is 5.97 Å². The molecule has 2 N–H and O–H groups in total. The molecule has 4 aromatic rings. The van der Waals surface area contributed by atoms with E-state index < -0.39 is 17.9 Å². The van der Waals surface area contributed by atoms with Gasteiger partial charge in [-0.05, 0) is 81.4 Å². The lowest BCUT2D eigenvalue weighted by molar-refractivity contribution is -0.139. The average Bonchev–Trinajstić information content (AvgIpc) is 3.63. The highest BCUT2D eigenvalue weighted by molar-refractivity contribution is 7.07. The molecule has 0 aliphatic heterocycles. The number of carbonyl (C=O) groups excluding carboxylic acids is 1. The number of nitrogens with one attached hydrogen (secondary N) is 1. The van der Waals surface area contributed by atoms with Crippen LogP contribution in [0.25, 0.3) is 10.8 Å². The molecule has 40 heavy (non-hydrogen) atoms. The number of nitrogens with zero attached hydrogens (tertiary/aromatic N) is 1.